The monoisotopic (exact) mass is 329 g/mol. The van der Waals surface area contributed by atoms with Crippen LogP contribution >= 0.6 is 11.6 Å². The first-order valence-electron chi connectivity index (χ1n) is 6.76. The van der Waals surface area contributed by atoms with Crippen LogP contribution in [0.15, 0.2) is 41.0 Å². The summed E-state index contributed by atoms with van der Waals surface area (Å²) in [4.78, 5) is 25.1. The third-order valence-corrected chi connectivity index (χ3v) is 4.39. The van der Waals surface area contributed by atoms with E-state index in [0.29, 0.717) is 16.3 Å². The predicted octanol–water partition coefficient (Wildman–Crippen LogP) is 2.12. The van der Waals surface area contributed by atoms with Crippen LogP contribution in [0.5, 0.6) is 0 Å². The van der Waals surface area contributed by atoms with Crippen LogP contribution in [0.1, 0.15) is 19.4 Å². The maximum absolute atomic E-state index is 12.9. The Labute approximate surface area is 137 Å². The number of benzene rings is 1. The van der Waals surface area contributed by atoms with Gasteiger partial charge in [0.15, 0.2) is 5.78 Å². The smallest absolute Gasteiger partial charge is 0.245 e. The molecule has 2 aliphatic heterocycles. The van der Waals surface area contributed by atoms with E-state index in [0.717, 1.165) is 0 Å². The number of carbonyl (C=O) groups excluding carboxylic acids is 2. The predicted molar refractivity (Wildman–Crippen MR) is 83.1 cm³/mol. The number of nitrogens with two attached hydrogens (primary N) is 1. The molecule has 2 heterocycles. The topological polar surface area (TPSA) is 105 Å². The number of anilines is 1. The van der Waals surface area contributed by atoms with Crippen molar-refractivity contribution >= 4 is 29.0 Å². The minimum Gasteiger partial charge on any atom is -0.445 e. The van der Waals surface area contributed by atoms with Gasteiger partial charge in [-0.1, -0.05) is 23.7 Å². The highest BCUT2D eigenvalue weighted by molar-refractivity contribution is 6.35. The first kappa shape index (κ1) is 15.1. The summed E-state index contributed by atoms with van der Waals surface area (Å²) in [5.41, 5.74) is 4.95. The number of amides is 1. The Hall–Kier alpha value is -2.78. The van der Waals surface area contributed by atoms with Crippen molar-refractivity contribution in [2.24, 2.45) is 5.73 Å². The van der Waals surface area contributed by atoms with E-state index in [1.807, 2.05) is 6.07 Å². The Balaban J connectivity index is 2.49. The number of carbonyl (C=O) groups is 2. The van der Waals surface area contributed by atoms with E-state index in [9.17, 15) is 14.9 Å². The van der Waals surface area contributed by atoms with Crippen molar-refractivity contribution in [1.82, 2.24) is 0 Å². The molecule has 116 valence electrons. The summed E-state index contributed by atoms with van der Waals surface area (Å²) in [7, 11) is 0. The number of ether oxygens (including phenoxy) is 1. The Morgan fingerprint density at radius 1 is 1.48 bits per heavy atom. The van der Waals surface area contributed by atoms with Crippen molar-refractivity contribution in [1.29, 1.82) is 5.26 Å². The molecule has 0 saturated heterocycles. The van der Waals surface area contributed by atoms with Gasteiger partial charge in [0.1, 0.15) is 22.8 Å². The first-order chi connectivity index (χ1) is 10.9. The highest BCUT2D eigenvalue weighted by atomic mass is 35.5. The number of allylic oxidation sites excluding steroid dienone is 1. The average Bonchev–Trinajstić information content (AvgIpc) is 2.74. The third-order valence-electron chi connectivity index (χ3n) is 4.07. The zero-order chi connectivity index (χ0) is 16.9. The number of halogens is 1. The minimum atomic E-state index is -1.63. The maximum atomic E-state index is 12.9. The molecule has 0 aromatic heterocycles. The molecule has 1 unspecified atom stereocenters. The lowest BCUT2D eigenvalue weighted by molar-refractivity contribution is -0.122. The zero-order valence-electron chi connectivity index (χ0n) is 12.4. The summed E-state index contributed by atoms with van der Waals surface area (Å²) in [6.45, 7) is 2.85. The van der Waals surface area contributed by atoms with Crippen LogP contribution in [0.25, 0.3) is 0 Å². The fourth-order valence-electron chi connectivity index (χ4n) is 3.28. The number of hydrogen-bond donors (Lipinski definition) is 2. The molecule has 23 heavy (non-hydrogen) atoms. The van der Waals surface area contributed by atoms with Crippen LogP contribution in [0.2, 0.25) is 5.02 Å². The van der Waals surface area contributed by atoms with Crippen LogP contribution in [0.4, 0.5) is 5.69 Å². The molecular formula is C16H12ClN3O3. The molecular weight excluding hydrogens is 318 g/mol. The molecule has 3 N–H and O–H groups in total. The number of fused-ring (bicyclic) bond motifs is 2. The Kier molecular flexibility index (Phi) is 3.20. The van der Waals surface area contributed by atoms with Crippen molar-refractivity contribution in [3.63, 3.8) is 0 Å². The van der Waals surface area contributed by atoms with E-state index in [-0.39, 0.29) is 28.6 Å². The normalized spacial score (nSPS) is 22.6. The summed E-state index contributed by atoms with van der Waals surface area (Å²) < 4.78 is 5.32. The van der Waals surface area contributed by atoms with Crippen LogP contribution in [-0.4, -0.2) is 11.7 Å². The lowest BCUT2D eigenvalue weighted by atomic mass is 9.67. The number of rotatable bonds is 1. The molecule has 1 aromatic carbocycles. The molecule has 3 rings (SSSR count). The van der Waals surface area contributed by atoms with Gasteiger partial charge >= 0.3 is 0 Å². The van der Waals surface area contributed by atoms with Crippen molar-refractivity contribution in [3.8, 4) is 6.07 Å². The molecule has 1 atom stereocenters. The second-order valence-electron chi connectivity index (χ2n) is 5.31. The number of hydrogen-bond acceptors (Lipinski definition) is 5. The van der Waals surface area contributed by atoms with Crippen molar-refractivity contribution in [2.75, 3.05) is 5.32 Å². The molecule has 0 fully saturated rings. The summed E-state index contributed by atoms with van der Waals surface area (Å²) in [5.74, 6) is -0.936. The lowest BCUT2D eigenvalue weighted by Crippen LogP contribution is -2.44. The second kappa shape index (κ2) is 4.86. The highest BCUT2D eigenvalue weighted by Gasteiger charge is 2.58. The maximum Gasteiger partial charge on any atom is 0.245 e. The Bertz CT molecular complexity index is 879. The van der Waals surface area contributed by atoms with Crippen molar-refractivity contribution in [3.05, 3.63) is 51.6 Å². The summed E-state index contributed by atoms with van der Waals surface area (Å²) in [5, 5.41) is 12.5. The number of nitrogens with one attached hydrogen (secondary N) is 1. The van der Waals surface area contributed by atoms with Gasteiger partial charge in [-0.3, -0.25) is 9.59 Å². The van der Waals surface area contributed by atoms with Gasteiger partial charge in [-0.15, -0.1) is 0 Å². The van der Waals surface area contributed by atoms with E-state index in [1.54, 1.807) is 18.2 Å². The van der Waals surface area contributed by atoms with Gasteiger partial charge in [0.25, 0.3) is 0 Å². The van der Waals surface area contributed by atoms with Crippen molar-refractivity contribution in [2.45, 2.75) is 19.3 Å². The molecule has 1 amide bonds. The fraction of sp³-hybridized carbons (Fsp3) is 0.188. The van der Waals surface area contributed by atoms with E-state index in [4.69, 9.17) is 22.1 Å². The fourth-order valence-corrected chi connectivity index (χ4v) is 3.50. The second-order valence-corrected chi connectivity index (χ2v) is 5.71. The number of Topliss-reactive ketones (excluding diaryl/α,β-unsaturated/α-hetero) is 1. The van der Waals surface area contributed by atoms with Gasteiger partial charge in [0, 0.05) is 5.56 Å². The molecule has 0 radical (unpaired) electrons. The molecule has 7 heteroatoms. The molecule has 6 nitrogen and oxygen atoms in total. The number of nitrogens with zero attached hydrogens (tertiary/aromatic N) is 1. The highest BCUT2D eigenvalue weighted by Crippen LogP contribution is 2.53. The van der Waals surface area contributed by atoms with Crippen LogP contribution in [0, 0.1) is 11.3 Å². The van der Waals surface area contributed by atoms with Gasteiger partial charge in [0.2, 0.25) is 11.8 Å². The van der Waals surface area contributed by atoms with Gasteiger partial charge in [-0.05, 0) is 19.9 Å². The average molecular weight is 330 g/mol. The minimum absolute atomic E-state index is 0.0850. The molecule has 0 saturated carbocycles. The molecule has 1 aromatic rings. The van der Waals surface area contributed by atoms with E-state index in [2.05, 4.69) is 5.32 Å². The molecule has 0 bridgehead atoms. The summed E-state index contributed by atoms with van der Waals surface area (Å²) >= 11 is 6.15. The number of para-hydroxylation sites is 1. The van der Waals surface area contributed by atoms with E-state index < -0.39 is 11.3 Å². The van der Waals surface area contributed by atoms with Crippen molar-refractivity contribution < 1.29 is 14.3 Å². The van der Waals surface area contributed by atoms with Crippen LogP contribution < -0.4 is 11.1 Å². The molecule has 2 aliphatic rings. The van der Waals surface area contributed by atoms with Gasteiger partial charge in [-0.25, -0.2) is 0 Å². The largest absolute Gasteiger partial charge is 0.445 e. The lowest BCUT2D eigenvalue weighted by Gasteiger charge is -2.34. The van der Waals surface area contributed by atoms with E-state index >= 15 is 0 Å². The number of ketones is 1. The van der Waals surface area contributed by atoms with Gasteiger partial charge < -0.3 is 15.8 Å². The van der Waals surface area contributed by atoms with Gasteiger partial charge in [-0.2, -0.15) is 5.26 Å². The molecule has 0 aliphatic carbocycles. The van der Waals surface area contributed by atoms with Crippen LogP contribution in [0.3, 0.4) is 0 Å². The Morgan fingerprint density at radius 3 is 2.78 bits per heavy atom. The first-order valence-corrected chi connectivity index (χ1v) is 7.14. The van der Waals surface area contributed by atoms with Crippen LogP contribution in [-0.2, 0) is 19.7 Å². The molecule has 1 spiro atoms. The number of nitriles is 1. The Morgan fingerprint density at radius 2 is 2.17 bits per heavy atom. The standard InChI is InChI=1S/C16H12ClN3O3/c1-7(21)12-8(2)23-14(19)10(6-18)16(12)9-4-3-5-11(17)13(9)20-15(16)22/h3-5H,19H2,1-2H3,(H,20,22). The van der Waals surface area contributed by atoms with Gasteiger partial charge in [0.05, 0.1) is 16.3 Å². The van der Waals surface area contributed by atoms with E-state index in [1.165, 1.54) is 13.8 Å². The SMILES string of the molecule is CC(=O)C1=C(C)OC(N)=C(C#N)C12C(=O)Nc1c(Cl)cccc12. The summed E-state index contributed by atoms with van der Waals surface area (Å²) in [6.07, 6.45) is 0. The summed E-state index contributed by atoms with van der Waals surface area (Å²) in [6, 6.07) is 6.83. The zero-order valence-corrected chi connectivity index (χ0v) is 13.1. The third kappa shape index (κ3) is 1.74. The quantitative estimate of drug-likeness (QED) is 0.821.